The van der Waals surface area contributed by atoms with Gasteiger partial charge < -0.3 is 5.11 Å². The van der Waals surface area contributed by atoms with Crippen LogP contribution >= 0.6 is 11.8 Å². The standard InChI is InChI=1S/C20H28OS/c1-2-3-4-5-6-7-8-11-16-22-19-15-14-17-12-9-10-13-18(17)20(19)21/h9-10,12-15,21H,2-8,11,16H2,1H3. The van der Waals surface area contributed by atoms with Crippen LogP contribution in [-0.4, -0.2) is 10.9 Å². The molecule has 0 aliphatic rings. The van der Waals surface area contributed by atoms with Gasteiger partial charge in [-0.2, -0.15) is 0 Å². The van der Waals surface area contributed by atoms with Gasteiger partial charge in [0.15, 0.2) is 0 Å². The number of hydrogen-bond acceptors (Lipinski definition) is 2. The van der Waals surface area contributed by atoms with Crippen molar-refractivity contribution in [3.8, 4) is 5.75 Å². The fourth-order valence-electron chi connectivity index (χ4n) is 2.77. The van der Waals surface area contributed by atoms with Crippen molar-refractivity contribution < 1.29 is 5.11 Å². The van der Waals surface area contributed by atoms with Crippen LogP contribution in [0.3, 0.4) is 0 Å². The number of hydrogen-bond donors (Lipinski definition) is 1. The molecule has 0 aliphatic heterocycles. The summed E-state index contributed by atoms with van der Waals surface area (Å²) in [6, 6.07) is 12.2. The molecule has 2 aromatic carbocycles. The van der Waals surface area contributed by atoms with E-state index in [4.69, 9.17) is 0 Å². The van der Waals surface area contributed by atoms with Crippen LogP contribution in [-0.2, 0) is 0 Å². The number of fused-ring (bicyclic) bond motifs is 1. The van der Waals surface area contributed by atoms with Gasteiger partial charge >= 0.3 is 0 Å². The van der Waals surface area contributed by atoms with Crippen LogP contribution in [0.25, 0.3) is 10.8 Å². The number of rotatable bonds is 10. The highest BCUT2D eigenvalue weighted by molar-refractivity contribution is 7.99. The van der Waals surface area contributed by atoms with Crippen LogP contribution < -0.4 is 0 Å². The van der Waals surface area contributed by atoms with Crippen molar-refractivity contribution in [3.05, 3.63) is 36.4 Å². The molecule has 0 bridgehead atoms. The summed E-state index contributed by atoms with van der Waals surface area (Å²) in [6.07, 6.45) is 10.8. The summed E-state index contributed by atoms with van der Waals surface area (Å²) in [5.74, 6) is 1.54. The SMILES string of the molecule is CCCCCCCCCCSc1ccc2ccccc2c1O. The van der Waals surface area contributed by atoms with E-state index in [1.807, 2.05) is 30.3 Å². The van der Waals surface area contributed by atoms with Gasteiger partial charge in [-0.05, 0) is 23.6 Å². The quantitative estimate of drug-likeness (QED) is 0.385. The van der Waals surface area contributed by atoms with E-state index in [0.717, 1.165) is 21.4 Å². The number of phenols is 1. The molecule has 1 N–H and O–H groups in total. The van der Waals surface area contributed by atoms with Crippen molar-refractivity contribution in [2.24, 2.45) is 0 Å². The molecule has 0 amide bonds. The van der Waals surface area contributed by atoms with Crippen molar-refractivity contribution in [1.82, 2.24) is 0 Å². The second kappa shape index (κ2) is 9.78. The van der Waals surface area contributed by atoms with E-state index in [1.165, 1.54) is 51.4 Å². The molecule has 0 unspecified atom stereocenters. The van der Waals surface area contributed by atoms with Gasteiger partial charge in [0.25, 0.3) is 0 Å². The maximum Gasteiger partial charge on any atom is 0.136 e. The van der Waals surface area contributed by atoms with Gasteiger partial charge in [0.1, 0.15) is 5.75 Å². The lowest BCUT2D eigenvalue weighted by molar-refractivity contribution is 0.469. The number of unbranched alkanes of at least 4 members (excludes halogenated alkanes) is 7. The van der Waals surface area contributed by atoms with Crippen LogP contribution in [0.15, 0.2) is 41.3 Å². The maximum absolute atomic E-state index is 10.4. The molecule has 0 spiro atoms. The summed E-state index contributed by atoms with van der Waals surface area (Å²) in [6.45, 7) is 2.26. The molecule has 22 heavy (non-hydrogen) atoms. The van der Waals surface area contributed by atoms with E-state index in [2.05, 4.69) is 13.0 Å². The van der Waals surface area contributed by atoms with Crippen LogP contribution in [0.4, 0.5) is 0 Å². The third-order valence-corrected chi connectivity index (χ3v) is 5.25. The van der Waals surface area contributed by atoms with E-state index < -0.39 is 0 Å². The van der Waals surface area contributed by atoms with Gasteiger partial charge in [-0.15, -0.1) is 11.8 Å². The lowest BCUT2D eigenvalue weighted by atomic mass is 10.1. The van der Waals surface area contributed by atoms with Gasteiger partial charge in [0, 0.05) is 10.3 Å². The van der Waals surface area contributed by atoms with E-state index in [-0.39, 0.29) is 0 Å². The van der Waals surface area contributed by atoms with E-state index in [0.29, 0.717) is 5.75 Å². The predicted molar refractivity (Wildman–Crippen MR) is 98.9 cm³/mol. The number of phenolic OH excluding ortho intramolecular Hbond substituents is 1. The first-order valence-electron chi connectivity index (χ1n) is 8.66. The summed E-state index contributed by atoms with van der Waals surface area (Å²) in [5, 5.41) is 12.4. The molecule has 0 radical (unpaired) electrons. The average Bonchev–Trinajstić information content (AvgIpc) is 2.55. The first-order valence-corrected chi connectivity index (χ1v) is 9.65. The Bertz CT molecular complexity index is 565. The van der Waals surface area contributed by atoms with Gasteiger partial charge in [-0.3, -0.25) is 0 Å². The molecule has 1 nitrogen and oxygen atoms in total. The molecule has 0 saturated carbocycles. The van der Waals surface area contributed by atoms with E-state index in [9.17, 15) is 5.11 Å². The molecule has 0 heterocycles. The summed E-state index contributed by atoms with van der Waals surface area (Å²) in [5.41, 5.74) is 0. The van der Waals surface area contributed by atoms with E-state index in [1.54, 1.807) is 11.8 Å². The fraction of sp³-hybridized carbons (Fsp3) is 0.500. The fourth-order valence-corrected chi connectivity index (χ4v) is 3.75. The zero-order chi connectivity index (χ0) is 15.6. The third kappa shape index (κ3) is 5.24. The Labute approximate surface area is 139 Å². The van der Waals surface area contributed by atoms with E-state index >= 15 is 0 Å². The van der Waals surface area contributed by atoms with Gasteiger partial charge in [-0.25, -0.2) is 0 Å². The zero-order valence-corrected chi connectivity index (χ0v) is 14.5. The normalized spacial score (nSPS) is 11.1. The molecule has 2 heteroatoms. The Kier molecular flexibility index (Phi) is 7.65. The Morgan fingerprint density at radius 1 is 0.818 bits per heavy atom. The summed E-state index contributed by atoms with van der Waals surface area (Å²) < 4.78 is 0. The van der Waals surface area contributed by atoms with Crippen LogP contribution in [0.5, 0.6) is 5.75 Å². The summed E-state index contributed by atoms with van der Waals surface area (Å²) >= 11 is 1.78. The molecule has 2 aromatic rings. The third-order valence-electron chi connectivity index (χ3n) is 4.12. The second-order valence-corrected chi connectivity index (χ2v) is 7.09. The molecule has 0 fully saturated rings. The highest BCUT2D eigenvalue weighted by Crippen LogP contribution is 2.35. The van der Waals surface area contributed by atoms with Crippen molar-refractivity contribution in [1.29, 1.82) is 0 Å². The minimum absolute atomic E-state index is 0.447. The predicted octanol–water partition coefficient (Wildman–Crippen LogP) is 6.78. The van der Waals surface area contributed by atoms with Crippen LogP contribution in [0.2, 0.25) is 0 Å². The molecular weight excluding hydrogens is 288 g/mol. The maximum atomic E-state index is 10.4. The van der Waals surface area contributed by atoms with Crippen molar-refractivity contribution in [2.45, 2.75) is 63.2 Å². The molecule has 0 aromatic heterocycles. The molecule has 0 aliphatic carbocycles. The second-order valence-electron chi connectivity index (χ2n) is 5.96. The lowest BCUT2D eigenvalue weighted by Gasteiger charge is -2.07. The average molecular weight is 317 g/mol. The number of benzene rings is 2. The molecule has 2 rings (SSSR count). The first kappa shape index (κ1) is 17.2. The van der Waals surface area contributed by atoms with Crippen molar-refractivity contribution in [2.75, 3.05) is 5.75 Å². The zero-order valence-electron chi connectivity index (χ0n) is 13.7. The monoisotopic (exact) mass is 316 g/mol. The molecular formula is C20H28OS. The minimum Gasteiger partial charge on any atom is -0.506 e. The highest BCUT2D eigenvalue weighted by Gasteiger charge is 2.06. The lowest BCUT2D eigenvalue weighted by Crippen LogP contribution is -1.84. The Morgan fingerprint density at radius 2 is 1.50 bits per heavy atom. The minimum atomic E-state index is 0.447. The van der Waals surface area contributed by atoms with Gasteiger partial charge in [-0.1, -0.05) is 82.2 Å². The Morgan fingerprint density at radius 3 is 2.27 bits per heavy atom. The van der Waals surface area contributed by atoms with Crippen molar-refractivity contribution in [3.63, 3.8) is 0 Å². The topological polar surface area (TPSA) is 20.2 Å². The smallest absolute Gasteiger partial charge is 0.136 e. The van der Waals surface area contributed by atoms with Gasteiger partial charge in [0.2, 0.25) is 0 Å². The first-order chi connectivity index (χ1) is 10.8. The van der Waals surface area contributed by atoms with Crippen LogP contribution in [0.1, 0.15) is 58.3 Å². The van der Waals surface area contributed by atoms with Gasteiger partial charge in [0.05, 0.1) is 0 Å². The molecule has 0 atom stereocenters. The highest BCUT2D eigenvalue weighted by atomic mass is 32.2. The Balaban J connectivity index is 1.68. The summed E-state index contributed by atoms with van der Waals surface area (Å²) in [7, 11) is 0. The number of aromatic hydroxyl groups is 1. The van der Waals surface area contributed by atoms with Crippen LogP contribution in [0, 0.1) is 0 Å². The summed E-state index contributed by atoms with van der Waals surface area (Å²) in [4.78, 5) is 1.02. The largest absolute Gasteiger partial charge is 0.506 e. The molecule has 120 valence electrons. The molecule has 0 saturated heterocycles. The Hall–Kier alpha value is -1.15. The number of thioether (sulfide) groups is 1. The van der Waals surface area contributed by atoms with Crippen molar-refractivity contribution >= 4 is 22.5 Å².